The third kappa shape index (κ3) is 2.86. The molecule has 0 saturated carbocycles. The van der Waals surface area contributed by atoms with Gasteiger partial charge in [0.25, 0.3) is 0 Å². The minimum absolute atomic E-state index is 0.219. The van der Waals surface area contributed by atoms with Gasteiger partial charge in [0, 0.05) is 24.2 Å². The number of benzene rings is 1. The quantitative estimate of drug-likeness (QED) is 0.741. The number of anilines is 1. The summed E-state index contributed by atoms with van der Waals surface area (Å²) in [7, 11) is 0. The van der Waals surface area contributed by atoms with E-state index in [1.54, 1.807) is 0 Å². The zero-order chi connectivity index (χ0) is 12.1. The fourth-order valence-corrected chi connectivity index (χ4v) is 1.96. The van der Waals surface area contributed by atoms with Crippen LogP contribution in [0, 0.1) is 11.8 Å². The molecular weight excluding hydrogens is 212 g/mol. The van der Waals surface area contributed by atoms with Crippen LogP contribution in [-0.4, -0.2) is 19.0 Å². The second kappa shape index (κ2) is 5.51. The molecule has 0 atom stereocenters. The summed E-state index contributed by atoms with van der Waals surface area (Å²) in [6, 6.07) is 7.76. The molecule has 88 valence electrons. The van der Waals surface area contributed by atoms with Crippen molar-refractivity contribution in [2.75, 3.05) is 18.0 Å². The number of carbonyl (C=O) groups excluding carboxylic acids is 1. The van der Waals surface area contributed by atoms with Crippen molar-refractivity contribution in [3.8, 4) is 11.8 Å². The molecule has 17 heavy (non-hydrogen) atoms. The van der Waals surface area contributed by atoms with Gasteiger partial charge in [-0.25, -0.2) is 0 Å². The Hall–Kier alpha value is -1.79. The second-order valence-corrected chi connectivity index (χ2v) is 4.06. The smallest absolute Gasteiger partial charge is 0.226 e. The summed E-state index contributed by atoms with van der Waals surface area (Å²) in [6.07, 6.45) is 2.75. The molecule has 1 aromatic rings. The number of carbonyl (C=O) groups is 1. The van der Waals surface area contributed by atoms with E-state index < -0.39 is 0 Å². The molecule has 1 heterocycles. The van der Waals surface area contributed by atoms with E-state index >= 15 is 0 Å². The van der Waals surface area contributed by atoms with Crippen LogP contribution >= 0.6 is 0 Å². The maximum Gasteiger partial charge on any atom is 0.226 e. The van der Waals surface area contributed by atoms with Gasteiger partial charge in [-0.1, -0.05) is 11.8 Å². The first-order valence-electron chi connectivity index (χ1n) is 5.90. The molecule has 1 fully saturated rings. The highest BCUT2D eigenvalue weighted by atomic mass is 16.2. The first kappa shape index (κ1) is 11.7. The number of hydrogen-bond acceptors (Lipinski definition) is 2. The highest BCUT2D eigenvalue weighted by molar-refractivity contribution is 5.93. The lowest BCUT2D eigenvalue weighted by Gasteiger charge is -2.26. The largest absolute Gasteiger partial charge is 0.320 e. The van der Waals surface area contributed by atoms with Crippen molar-refractivity contribution in [2.45, 2.75) is 19.3 Å². The highest BCUT2D eigenvalue weighted by Crippen LogP contribution is 2.20. The number of hydrogen-bond donors (Lipinski definition) is 1. The van der Waals surface area contributed by atoms with Crippen LogP contribution in [0.5, 0.6) is 0 Å². The number of nitrogens with zero attached hydrogens (tertiary/aromatic N) is 1. The third-order valence-electron chi connectivity index (χ3n) is 2.84. The fourth-order valence-electron chi connectivity index (χ4n) is 1.96. The van der Waals surface area contributed by atoms with E-state index in [1.165, 1.54) is 0 Å². The van der Waals surface area contributed by atoms with Gasteiger partial charge in [0.05, 0.1) is 6.54 Å². The molecule has 1 aliphatic heterocycles. The van der Waals surface area contributed by atoms with Crippen molar-refractivity contribution >= 4 is 11.6 Å². The average Bonchev–Trinajstić information content (AvgIpc) is 2.38. The van der Waals surface area contributed by atoms with Gasteiger partial charge >= 0.3 is 0 Å². The standard InChI is InChI=1S/C14H16N2O/c15-10-3-4-12-6-8-13(9-7-12)16-11-2-1-5-14(16)17/h6-9H,1-2,5,10-11,15H2. The van der Waals surface area contributed by atoms with Crippen molar-refractivity contribution in [1.29, 1.82) is 0 Å². The molecule has 0 aliphatic carbocycles. The number of amides is 1. The summed E-state index contributed by atoms with van der Waals surface area (Å²) in [5, 5.41) is 0. The molecule has 0 unspecified atom stereocenters. The van der Waals surface area contributed by atoms with Gasteiger partial charge in [-0.3, -0.25) is 4.79 Å². The van der Waals surface area contributed by atoms with Crippen LogP contribution in [0.3, 0.4) is 0 Å². The molecule has 0 aromatic heterocycles. The van der Waals surface area contributed by atoms with Crippen LogP contribution in [0.15, 0.2) is 24.3 Å². The van der Waals surface area contributed by atoms with Crippen molar-refractivity contribution < 1.29 is 4.79 Å². The zero-order valence-corrected chi connectivity index (χ0v) is 9.78. The van der Waals surface area contributed by atoms with Gasteiger partial charge in [-0.2, -0.15) is 0 Å². The molecular formula is C14H16N2O. The predicted molar refractivity (Wildman–Crippen MR) is 68.6 cm³/mol. The lowest BCUT2D eigenvalue weighted by molar-refractivity contribution is -0.119. The average molecular weight is 228 g/mol. The van der Waals surface area contributed by atoms with Crippen molar-refractivity contribution in [1.82, 2.24) is 0 Å². The maximum absolute atomic E-state index is 11.7. The highest BCUT2D eigenvalue weighted by Gasteiger charge is 2.18. The normalized spacial score (nSPS) is 15.4. The Kier molecular flexibility index (Phi) is 3.79. The van der Waals surface area contributed by atoms with E-state index in [4.69, 9.17) is 5.73 Å². The second-order valence-electron chi connectivity index (χ2n) is 4.06. The SMILES string of the molecule is NCC#Cc1ccc(N2CCCCC2=O)cc1. The van der Waals surface area contributed by atoms with Crippen LogP contribution in [0.4, 0.5) is 5.69 Å². The minimum atomic E-state index is 0.219. The van der Waals surface area contributed by atoms with Gasteiger partial charge < -0.3 is 10.6 Å². The molecule has 0 radical (unpaired) electrons. The van der Waals surface area contributed by atoms with Gasteiger partial charge in [-0.15, -0.1) is 0 Å². The summed E-state index contributed by atoms with van der Waals surface area (Å²) in [5.74, 6) is 6.00. The Labute approximate surface area is 102 Å². The number of nitrogens with two attached hydrogens (primary N) is 1. The van der Waals surface area contributed by atoms with Crippen LogP contribution in [0.1, 0.15) is 24.8 Å². The summed E-state index contributed by atoms with van der Waals surface area (Å²) < 4.78 is 0. The van der Waals surface area contributed by atoms with Crippen LogP contribution in [0.2, 0.25) is 0 Å². The number of rotatable bonds is 1. The Morgan fingerprint density at radius 1 is 1.24 bits per heavy atom. The molecule has 1 amide bonds. The predicted octanol–water partition coefficient (Wildman–Crippen LogP) is 1.51. The molecule has 2 rings (SSSR count). The van der Waals surface area contributed by atoms with Crippen LogP contribution in [0.25, 0.3) is 0 Å². The Balaban J connectivity index is 2.14. The Bertz CT molecular complexity index is 453. The summed E-state index contributed by atoms with van der Waals surface area (Å²) in [4.78, 5) is 13.6. The van der Waals surface area contributed by atoms with E-state index in [2.05, 4.69) is 11.8 Å². The molecule has 1 saturated heterocycles. The maximum atomic E-state index is 11.7. The first-order valence-corrected chi connectivity index (χ1v) is 5.90. The molecule has 3 nitrogen and oxygen atoms in total. The van der Waals surface area contributed by atoms with E-state index in [1.807, 2.05) is 29.2 Å². The molecule has 0 spiro atoms. The van der Waals surface area contributed by atoms with Gasteiger partial charge in [0.2, 0.25) is 5.91 Å². The van der Waals surface area contributed by atoms with Gasteiger partial charge in [0.1, 0.15) is 0 Å². The minimum Gasteiger partial charge on any atom is -0.320 e. The van der Waals surface area contributed by atoms with Gasteiger partial charge in [-0.05, 0) is 37.1 Å². The van der Waals surface area contributed by atoms with E-state index in [0.29, 0.717) is 13.0 Å². The monoisotopic (exact) mass is 228 g/mol. The lowest BCUT2D eigenvalue weighted by atomic mass is 10.1. The molecule has 1 aromatic carbocycles. The lowest BCUT2D eigenvalue weighted by Crippen LogP contribution is -2.35. The third-order valence-corrected chi connectivity index (χ3v) is 2.84. The number of piperidine rings is 1. The zero-order valence-electron chi connectivity index (χ0n) is 9.78. The molecule has 1 aliphatic rings. The van der Waals surface area contributed by atoms with E-state index in [-0.39, 0.29) is 5.91 Å². The van der Waals surface area contributed by atoms with Crippen molar-refractivity contribution in [3.63, 3.8) is 0 Å². The first-order chi connectivity index (χ1) is 8.31. The summed E-state index contributed by atoms with van der Waals surface area (Å²) >= 11 is 0. The Morgan fingerprint density at radius 2 is 2.00 bits per heavy atom. The fraction of sp³-hybridized carbons (Fsp3) is 0.357. The van der Waals surface area contributed by atoms with Crippen molar-refractivity contribution in [3.05, 3.63) is 29.8 Å². The molecule has 3 heteroatoms. The van der Waals surface area contributed by atoms with Crippen molar-refractivity contribution in [2.24, 2.45) is 5.73 Å². The van der Waals surface area contributed by atoms with Crippen LogP contribution in [-0.2, 0) is 4.79 Å². The summed E-state index contributed by atoms with van der Waals surface area (Å²) in [6.45, 7) is 1.19. The van der Waals surface area contributed by atoms with Gasteiger partial charge in [0.15, 0.2) is 0 Å². The summed E-state index contributed by atoms with van der Waals surface area (Å²) in [5.41, 5.74) is 7.21. The topological polar surface area (TPSA) is 46.3 Å². The van der Waals surface area contributed by atoms with E-state index in [0.717, 1.165) is 30.6 Å². The Morgan fingerprint density at radius 3 is 2.65 bits per heavy atom. The van der Waals surface area contributed by atoms with Crippen LogP contribution < -0.4 is 10.6 Å². The molecule has 0 bridgehead atoms. The van der Waals surface area contributed by atoms with E-state index in [9.17, 15) is 4.79 Å². The molecule has 2 N–H and O–H groups in total.